The van der Waals surface area contributed by atoms with E-state index in [1.807, 2.05) is 17.9 Å². The molecule has 2 atom stereocenters. The molecule has 7 heteroatoms. The molecule has 1 aromatic carbocycles. The van der Waals surface area contributed by atoms with E-state index >= 15 is 0 Å². The summed E-state index contributed by atoms with van der Waals surface area (Å²) in [5.74, 6) is -0.402. The van der Waals surface area contributed by atoms with Crippen molar-refractivity contribution < 1.29 is 14.0 Å². The Morgan fingerprint density at radius 1 is 1.24 bits per heavy atom. The van der Waals surface area contributed by atoms with Crippen molar-refractivity contribution in [2.24, 2.45) is 5.73 Å². The zero-order valence-electron chi connectivity index (χ0n) is 14.5. The number of amides is 3. The second kappa shape index (κ2) is 7.29. The van der Waals surface area contributed by atoms with Crippen molar-refractivity contribution in [1.82, 2.24) is 10.2 Å². The standard InChI is InChI=1S/C18H25FN4O2/c1-12-6-7-14(19)16(10-12)22-8-2-4-13(11-22)21-17(24)15-5-3-9-23(15)18(20)25/h6-7,10,13,15H,2-5,8-9,11H2,1H3,(H2,20,25)(H,21,24)/t13?,15-/m0/s1. The number of benzene rings is 1. The van der Waals surface area contributed by atoms with Crippen LogP contribution in [0.3, 0.4) is 0 Å². The molecule has 0 saturated carbocycles. The minimum atomic E-state index is -0.551. The highest BCUT2D eigenvalue weighted by molar-refractivity contribution is 5.87. The van der Waals surface area contributed by atoms with Crippen molar-refractivity contribution in [3.8, 4) is 0 Å². The Morgan fingerprint density at radius 3 is 2.76 bits per heavy atom. The van der Waals surface area contributed by atoms with Crippen LogP contribution in [-0.4, -0.2) is 48.6 Å². The SMILES string of the molecule is Cc1ccc(F)c(N2CCCC(NC(=O)[C@@H]3CCCN3C(N)=O)C2)c1. The van der Waals surface area contributed by atoms with E-state index in [9.17, 15) is 14.0 Å². The van der Waals surface area contributed by atoms with Crippen LogP contribution in [0.25, 0.3) is 0 Å². The Balaban J connectivity index is 1.64. The number of nitrogens with one attached hydrogen (secondary N) is 1. The van der Waals surface area contributed by atoms with E-state index in [-0.39, 0.29) is 17.8 Å². The average Bonchev–Trinajstić information content (AvgIpc) is 3.07. The Hall–Kier alpha value is -2.31. The number of urea groups is 1. The molecule has 3 N–H and O–H groups in total. The molecular weight excluding hydrogens is 323 g/mol. The Bertz CT molecular complexity index is 666. The van der Waals surface area contributed by atoms with Gasteiger partial charge in [0.2, 0.25) is 5.91 Å². The molecule has 1 unspecified atom stereocenters. The quantitative estimate of drug-likeness (QED) is 0.874. The number of hydrogen-bond acceptors (Lipinski definition) is 3. The third-order valence-corrected chi connectivity index (χ3v) is 5.05. The Labute approximate surface area is 147 Å². The minimum Gasteiger partial charge on any atom is -0.367 e. The van der Waals surface area contributed by atoms with Gasteiger partial charge in [-0.15, -0.1) is 0 Å². The Morgan fingerprint density at radius 2 is 2.00 bits per heavy atom. The van der Waals surface area contributed by atoms with Crippen LogP contribution >= 0.6 is 0 Å². The topological polar surface area (TPSA) is 78.7 Å². The van der Waals surface area contributed by atoms with Crippen LogP contribution < -0.4 is 16.0 Å². The fourth-order valence-electron chi connectivity index (χ4n) is 3.78. The predicted octanol–water partition coefficient (Wildman–Crippen LogP) is 1.76. The monoisotopic (exact) mass is 348 g/mol. The molecular formula is C18H25FN4O2. The van der Waals surface area contributed by atoms with Crippen molar-refractivity contribution >= 4 is 17.6 Å². The summed E-state index contributed by atoms with van der Waals surface area (Å²) < 4.78 is 14.1. The van der Waals surface area contributed by atoms with Crippen molar-refractivity contribution in [3.05, 3.63) is 29.6 Å². The lowest BCUT2D eigenvalue weighted by molar-refractivity contribution is -0.125. The molecule has 0 radical (unpaired) electrons. The van der Waals surface area contributed by atoms with E-state index in [4.69, 9.17) is 5.73 Å². The lowest BCUT2D eigenvalue weighted by atomic mass is 10.0. The molecule has 2 fully saturated rings. The van der Waals surface area contributed by atoms with Crippen LogP contribution in [0.4, 0.5) is 14.9 Å². The van der Waals surface area contributed by atoms with Crippen molar-refractivity contribution in [3.63, 3.8) is 0 Å². The number of carbonyl (C=O) groups excluding carboxylic acids is 2. The molecule has 2 aliphatic heterocycles. The lowest BCUT2D eigenvalue weighted by Gasteiger charge is -2.36. The van der Waals surface area contributed by atoms with E-state index in [0.717, 1.165) is 31.4 Å². The molecule has 3 rings (SSSR count). The summed E-state index contributed by atoms with van der Waals surface area (Å²) in [6.07, 6.45) is 3.14. The first kappa shape index (κ1) is 17.5. The number of primary amides is 1. The summed E-state index contributed by atoms with van der Waals surface area (Å²) in [6, 6.07) is 3.98. The second-order valence-electron chi connectivity index (χ2n) is 6.94. The average molecular weight is 348 g/mol. The van der Waals surface area contributed by atoms with Crippen LogP contribution in [0.2, 0.25) is 0 Å². The zero-order chi connectivity index (χ0) is 18.0. The zero-order valence-corrected chi connectivity index (χ0v) is 14.5. The fourth-order valence-corrected chi connectivity index (χ4v) is 3.78. The molecule has 2 saturated heterocycles. The number of likely N-dealkylation sites (tertiary alicyclic amines) is 1. The number of hydrogen-bond donors (Lipinski definition) is 2. The van der Waals surface area contributed by atoms with Crippen molar-refractivity contribution in [1.29, 1.82) is 0 Å². The van der Waals surface area contributed by atoms with Gasteiger partial charge in [-0.05, 0) is 50.3 Å². The van der Waals surface area contributed by atoms with Gasteiger partial charge in [0.25, 0.3) is 0 Å². The maximum Gasteiger partial charge on any atom is 0.315 e. The van der Waals surface area contributed by atoms with E-state index in [0.29, 0.717) is 25.2 Å². The molecule has 3 amide bonds. The summed E-state index contributed by atoms with van der Waals surface area (Å²) in [5, 5.41) is 3.03. The number of rotatable bonds is 3. The number of anilines is 1. The molecule has 0 aliphatic carbocycles. The summed E-state index contributed by atoms with van der Waals surface area (Å²) in [7, 11) is 0. The van der Waals surface area contributed by atoms with E-state index in [2.05, 4.69) is 5.32 Å². The highest BCUT2D eigenvalue weighted by Crippen LogP contribution is 2.25. The Kier molecular flexibility index (Phi) is 5.11. The summed E-state index contributed by atoms with van der Waals surface area (Å²) in [6.45, 7) is 3.79. The maximum atomic E-state index is 14.1. The van der Waals surface area contributed by atoms with Crippen LogP contribution in [-0.2, 0) is 4.79 Å². The van der Waals surface area contributed by atoms with Gasteiger partial charge in [0.15, 0.2) is 0 Å². The van der Waals surface area contributed by atoms with Gasteiger partial charge in [-0.1, -0.05) is 6.07 Å². The first-order valence-corrected chi connectivity index (χ1v) is 8.83. The number of nitrogens with two attached hydrogens (primary N) is 1. The molecule has 0 aromatic heterocycles. The lowest BCUT2D eigenvalue weighted by Crippen LogP contribution is -2.54. The van der Waals surface area contributed by atoms with Crippen LogP contribution in [0.5, 0.6) is 0 Å². The second-order valence-corrected chi connectivity index (χ2v) is 6.94. The maximum absolute atomic E-state index is 14.1. The van der Waals surface area contributed by atoms with Gasteiger partial charge in [-0.3, -0.25) is 4.79 Å². The predicted molar refractivity (Wildman–Crippen MR) is 93.8 cm³/mol. The number of nitrogens with zero attached hydrogens (tertiary/aromatic N) is 2. The molecule has 25 heavy (non-hydrogen) atoms. The third kappa shape index (κ3) is 3.86. The van der Waals surface area contributed by atoms with Crippen molar-refractivity contribution in [2.75, 3.05) is 24.5 Å². The van der Waals surface area contributed by atoms with Gasteiger partial charge in [-0.2, -0.15) is 0 Å². The normalized spacial score (nSPS) is 23.6. The van der Waals surface area contributed by atoms with E-state index < -0.39 is 12.1 Å². The summed E-state index contributed by atoms with van der Waals surface area (Å²) >= 11 is 0. The largest absolute Gasteiger partial charge is 0.367 e. The number of piperidine rings is 1. The van der Waals surface area contributed by atoms with Gasteiger partial charge < -0.3 is 20.9 Å². The number of aryl methyl sites for hydroxylation is 1. The number of halogens is 1. The highest BCUT2D eigenvalue weighted by atomic mass is 19.1. The summed E-state index contributed by atoms with van der Waals surface area (Å²) in [4.78, 5) is 27.4. The van der Waals surface area contributed by atoms with E-state index in [1.54, 1.807) is 6.07 Å². The van der Waals surface area contributed by atoms with Crippen LogP contribution in [0.1, 0.15) is 31.2 Å². The molecule has 2 heterocycles. The van der Waals surface area contributed by atoms with E-state index in [1.165, 1.54) is 11.0 Å². The molecule has 1 aromatic rings. The minimum absolute atomic E-state index is 0.0588. The van der Waals surface area contributed by atoms with Gasteiger partial charge in [-0.25, -0.2) is 9.18 Å². The van der Waals surface area contributed by atoms with Gasteiger partial charge in [0.05, 0.1) is 5.69 Å². The third-order valence-electron chi connectivity index (χ3n) is 5.05. The van der Waals surface area contributed by atoms with Gasteiger partial charge >= 0.3 is 6.03 Å². The smallest absolute Gasteiger partial charge is 0.315 e. The van der Waals surface area contributed by atoms with Gasteiger partial charge in [0, 0.05) is 25.7 Å². The van der Waals surface area contributed by atoms with Gasteiger partial charge in [0.1, 0.15) is 11.9 Å². The molecule has 6 nitrogen and oxygen atoms in total. The molecule has 2 aliphatic rings. The molecule has 0 spiro atoms. The fraction of sp³-hybridized carbons (Fsp3) is 0.556. The molecule has 136 valence electrons. The first-order valence-electron chi connectivity index (χ1n) is 8.83. The molecule has 0 bridgehead atoms. The van der Waals surface area contributed by atoms with Crippen molar-refractivity contribution in [2.45, 2.75) is 44.7 Å². The number of carbonyl (C=O) groups is 2. The first-order chi connectivity index (χ1) is 12.0. The summed E-state index contributed by atoms with van der Waals surface area (Å²) in [5.41, 5.74) is 6.93. The van der Waals surface area contributed by atoms with Crippen LogP contribution in [0, 0.1) is 12.7 Å². The highest BCUT2D eigenvalue weighted by Gasteiger charge is 2.34. The van der Waals surface area contributed by atoms with Crippen LogP contribution in [0.15, 0.2) is 18.2 Å².